The number of benzene rings is 1. The molecule has 0 aliphatic carbocycles. The van der Waals surface area contributed by atoms with E-state index in [1.807, 2.05) is 44.2 Å². The molecule has 0 unspecified atom stereocenters. The normalized spacial score (nSPS) is 18.0. The predicted octanol–water partition coefficient (Wildman–Crippen LogP) is 2.10. The van der Waals surface area contributed by atoms with E-state index in [1.165, 1.54) is 0 Å². The van der Waals surface area contributed by atoms with Crippen molar-refractivity contribution in [1.82, 2.24) is 10.2 Å². The standard InChI is InChI=1S/C15H19N3O3/c1-10(2)8-12-13(19)17-14(16)18(12)15(20)21-9-11-6-4-3-5-7-11/h3-7,10,12H,8-9H2,1-2H3,(H2,16,17,19)/t12-/m0/s1. The van der Waals surface area contributed by atoms with Crippen molar-refractivity contribution in [3.8, 4) is 0 Å². The molecule has 0 saturated carbocycles. The highest BCUT2D eigenvalue weighted by molar-refractivity contribution is 6.11. The van der Waals surface area contributed by atoms with Crippen LogP contribution in [0.5, 0.6) is 0 Å². The van der Waals surface area contributed by atoms with Gasteiger partial charge in [-0.2, -0.15) is 0 Å². The maximum atomic E-state index is 12.1. The van der Waals surface area contributed by atoms with Crippen LogP contribution in [0.2, 0.25) is 0 Å². The van der Waals surface area contributed by atoms with E-state index in [1.54, 1.807) is 0 Å². The molecular formula is C15H19N3O3. The fraction of sp³-hybridized carbons (Fsp3) is 0.400. The van der Waals surface area contributed by atoms with Crippen molar-refractivity contribution < 1.29 is 14.3 Å². The molecule has 2 rings (SSSR count). The second-order valence-electron chi connectivity index (χ2n) is 5.39. The van der Waals surface area contributed by atoms with Gasteiger partial charge < -0.3 is 4.74 Å². The molecule has 1 aromatic rings. The van der Waals surface area contributed by atoms with Crippen molar-refractivity contribution >= 4 is 18.0 Å². The van der Waals surface area contributed by atoms with Crippen LogP contribution >= 0.6 is 0 Å². The van der Waals surface area contributed by atoms with Gasteiger partial charge in [-0.3, -0.25) is 15.5 Å². The average Bonchev–Trinajstić information content (AvgIpc) is 2.71. The summed E-state index contributed by atoms with van der Waals surface area (Å²) in [4.78, 5) is 25.0. The van der Waals surface area contributed by atoms with Crippen molar-refractivity contribution in [2.45, 2.75) is 32.9 Å². The van der Waals surface area contributed by atoms with E-state index in [-0.39, 0.29) is 24.4 Å². The van der Waals surface area contributed by atoms with Gasteiger partial charge in [0.25, 0.3) is 0 Å². The summed E-state index contributed by atoms with van der Waals surface area (Å²) < 4.78 is 5.20. The van der Waals surface area contributed by atoms with Gasteiger partial charge in [-0.15, -0.1) is 0 Å². The first-order valence-corrected chi connectivity index (χ1v) is 6.88. The lowest BCUT2D eigenvalue weighted by atomic mass is 10.0. The molecule has 6 heteroatoms. The molecule has 1 heterocycles. The summed E-state index contributed by atoms with van der Waals surface area (Å²) in [6.45, 7) is 4.04. The number of carbonyl (C=O) groups excluding carboxylic acids is 2. The summed E-state index contributed by atoms with van der Waals surface area (Å²) in [6, 6.07) is 8.61. The van der Waals surface area contributed by atoms with Crippen LogP contribution in [0, 0.1) is 11.3 Å². The second kappa shape index (κ2) is 6.39. The molecule has 21 heavy (non-hydrogen) atoms. The number of nitrogens with one attached hydrogen (secondary N) is 2. The Bertz CT molecular complexity index is 542. The van der Waals surface area contributed by atoms with Crippen molar-refractivity contribution in [1.29, 1.82) is 5.41 Å². The summed E-state index contributed by atoms with van der Waals surface area (Å²) in [6.07, 6.45) is -0.179. The third-order valence-electron chi connectivity index (χ3n) is 3.19. The minimum Gasteiger partial charge on any atom is -0.444 e. The molecule has 6 nitrogen and oxygen atoms in total. The zero-order valence-corrected chi connectivity index (χ0v) is 12.1. The van der Waals surface area contributed by atoms with Crippen LogP contribution in [0.25, 0.3) is 0 Å². The fourth-order valence-electron chi connectivity index (χ4n) is 2.20. The molecule has 1 atom stereocenters. The lowest BCUT2D eigenvalue weighted by Gasteiger charge is -2.22. The van der Waals surface area contributed by atoms with E-state index in [0.717, 1.165) is 10.5 Å². The highest BCUT2D eigenvalue weighted by Crippen LogP contribution is 2.18. The minimum atomic E-state index is -0.673. The fourth-order valence-corrected chi connectivity index (χ4v) is 2.20. The van der Waals surface area contributed by atoms with Crippen LogP contribution < -0.4 is 5.32 Å². The molecule has 0 spiro atoms. The number of nitrogens with zero attached hydrogens (tertiary/aromatic N) is 1. The van der Waals surface area contributed by atoms with E-state index in [4.69, 9.17) is 10.1 Å². The van der Waals surface area contributed by atoms with Gasteiger partial charge in [-0.25, -0.2) is 9.69 Å². The molecule has 0 bridgehead atoms. The van der Waals surface area contributed by atoms with Crippen molar-refractivity contribution in [3.05, 3.63) is 35.9 Å². The van der Waals surface area contributed by atoms with Gasteiger partial charge in [0.15, 0.2) is 0 Å². The first-order chi connectivity index (χ1) is 9.99. The smallest absolute Gasteiger partial charge is 0.417 e. The lowest BCUT2D eigenvalue weighted by Crippen LogP contribution is -2.41. The first kappa shape index (κ1) is 15.0. The molecular weight excluding hydrogens is 270 g/mol. The Morgan fingerprint density at radius 3 is 2.67 bits per heavy atom. The van der Waals surface area contributed by atoms with Crippen molar-refractivity contribution in [3.63, 3.8) is 0 Å². The monoisotopic (exact) mass is 289 g/mol. The van der Waals surface area contributed by atoms with Gasteiger partial charge in [-0.05, 0) is 17.9 Å². The topological polar surface area (TPSA) is 82.5 Å². The zero-order chi connectivity index (χ0) is 15.4. The van der Waals surface area contributed by atoms with Gasteiger partial charge in [-0.1, -0.05) is 44.2 Å². The van der Waals surface area contributed by atoms with Crippen LogP contribution in [-0.4, -0.2) is 28.9 Å². The highest BCUT2D eigenvalue weighted by atomic mass is 16.6. The molecule has 2 amide bonds. The molecule has 1 fully saturated rings. The molecule has 0 radical (unpaired) electrons. The maximum Gasteiger partial charge on any atom is 0.417 e. The van der Waals surface area contributed by atoms with Gasteiger partial charge >= 0.3 is 6.09 Å². The lowest BCUT2D eigenvalue weighted by molar-refractivity contribution is -0.121. The first-order valence-electron chi connectivity index (χ1n) is 6.88. The van der Waals surface area contributed by atoms with E-state index >= 15 is 0 Å². The number of carbonyl (C=O) groups is 2. The molecule has 1 aromatic carbocycles. The Hall–Kier alpha value is -2.37. The third kappa shape index (κ3) is 3.59. The number of guanidine groups is 1. The number of amides is 2. The summed E-state index contributed by atoms with van der Waals surface area (Å²) in [5.74, 6) is -0.315. The molecule has 2 N–H and O–H groups in total. The molecule has 1 aliphatic heterocycles. The number of hydrogen-bond donors (Lipinski definition) is 2. The van der Waals surface area contributed by atoms with Gasteiger partial charge in [0.1, 0.15) is 12.6 Å². The Kier molecular flexibility index (Phi) is 4.57. The van der Waals surface area contributed by atoms with Gasteiger partial charge in [0.2, 0.25) is 11.9 Å². The number of hydrogen-bond acceptors (Lipinski definition) is 4. The summed E-state index contributed by atoms with van der Waals surface area (Å²) in [7, 11) is 0. The maximum absolute atomic E-state index is 12.1. The van der Waals surface area contributed by atoms with Crippen LogP contribution in [0.15, 0.2) is 30.3 Å². The molecule has 1 saturated heterocycles. The largest absolute Gasteiger partial charge is 0.444 e. The Balaban J connectivity index is 2.02. The quantitative estimate of drug-likeness (QED) is 0.890. The minimum absolute atomic E-state index is 0.117. The third-order valence-corrected chi connectivity index (χ3v) is 3.19. The van der Waals surface area contributed by atoms with Crippen LogP contribution in [0.4, 0.5) is 4.79 Å². The van der Waals surface area contributed by atoms with Gasteiger partial charge in [0.05, 0.1) is 0 Å². The molecule has 1 aliphatic rings. The van der Waals surface area contributed by atoms with Crippen molar-refractivity contribution in [2.75, 3.05) is 0 Å². The Labute approximate surface area is 123 Å². The van der Waals surface area contributed by atoms with Crippen LogP contribution in [-0.2, 0) is 16.1 Å². The van der Waals surface area contributed by atoms with Crippen LogP contribution in [0.3, 0.4) is 0 Å². The Morgan fingerprint density at radius 2 is 2.05 bits per heavy atom. The summed E-state index contributed by atoms with van der Waals surface area (Å²) in [5.41, 5.74) is 0.858. The number of rotatable bonds is 4. The van der Waals surface area contributed by atoms with E-state index in [0.29, 0.717) is 6.42 Å². The summed E-state index contributed by atoms with van der Waals surface area (Å²) in [5, 5.41) is 10.1. The van der Waals surface area contributed by atoms with E-state index in [2.05, 4.69) is 5.32 Å². The van der Waals surface area contributed by atoms with Crippen LogP contribution in [0.1, 0.15) is 25.8 Å². The SMILES string of the molecule is CC(C)C[C@H]1C(=O)NC(=N)N1C(=O)OCc1ccccc1. The Morgan fingerprint density at radius 1 is 1.38 bits per heavy atom. The predicted molar refractivity (Wildman–Crippen MR) is 77.6 cm³/mol. The molecule has 112 valence electrons. The molecule has 0 aromatic heterocycles. The van der Waals surface area contributed by atoms with Crippen molar-refractivity contribution in [2.24, 2.45) is 5.92 Å². The zero-order valence-electron chi connectivity index (χ0n) is 12.1. The second-order valence-corrected chi connectivity index (χ2v) is 5.39. The van der Waals surface area contributed by atoms with E-state index in [9.17, 15) is 9.59 Å². The van der Waals surface area contributed by atoms with E-state index < -0.39 is 12.1 Å². The highest BCUT2D eigenvalue weighted by Gasteiger charge is 2.41. The average molecular weight is 289 g/mol. The number of ether oxygens (including phenoxy) is 1. The summed E-state index contributed by atoms with van der Waals surface area (Å²) >= 11 is 0. The van der Waals surface area contributed by atoms with Gasteiger partial charge in [0, 0.05) is 0 Å².